The molecule has 0 aliphatic carbocycles. The van der Waals surface area contributed by atoms with Gasteiger partial charge in [-0.2, -0.15) is 5.10 Å². The largest absolute Gasteiger partial charge is 0.336 e. The number of para-hydroxylation sites is 3. The molecule has 4 aromatic rings. The van der Waals surface area contributed by atoms with E-state index in [1.807, 2.05) is 50.4 Å². The monoisotopic (exact) mass is 446 g/mol. The zero-order valence-corrected chi connectivity index (χ0v) is 18.4. The number of benzene rings is 2. The Morgan fingerprint density at radius 3 is 2.38 bits per heavy atom. The number of amides is 3. The van der Waals surface area contributed by atoms with Crippen molar-refractivity contribution in [2.24, 2.45) is 0 Å². The first kappa shape index (κ1) is 21.3. The maximum Gasteiger partial charge on any atom is 0.319 e. The lowest BCUT2D eigenvalue weighted by molar-refractivity contribution is 0.102. The molecule has 0 fully saturated rings. The van der Waals surface area contributed by atoms with Gasteiger partial charge in [-0.25, -0.2) is 14.5 Å². The molecule has 162 valence electrons. The van der Waals surface area contributed by atoms with Crippen LogP contribution >= 0.6 is 11.3 Å². The summed E-state index contributed by atoms with van der Waals surface area (Å²) in [5.41, 5.74) is 3.05. The van der Waals surface area contributed by atoms with Crippen LogP contribution in [0, 0.1) is 0 Å². The van der Waals surface area contributed by atoms with Crippen LogP contribution in [0.15, 0.2) is 72.4 Å². The molecule has 2 heterocycles. The van der Waals surface area contributed by atoms with Crippen LogP contribution in [-0.4, -0.2) is 32.7 Å². The van der Waals surface area contributed by atoms with Crippen molar-refractivity contribution in [2.45, 2.75) is 19.9 Å². The van der Waals surface area contributed by atoms with E-state index in [1.54, 1.807) is 40.5 Å². The van der Waals surface area contributed by atoms with Crippen LogP contribution in [0.1, 0.15) is 24.3 Å². The molecule has 8 nitrogen and oxygen atoms in total. The van der Waals surface area contributed by atoms with Crippen LogP contribution in [0.25, 0.3) is 16.3 Å². The highest BCUT2D eigenvalue weighted by Crippen LogP contribution is 2.26. The van der Waals surface area contributed by atoms with Crippen LogP contribution in [0.3, 0.4) is 0 Å². The smallest absolute Gasteiger partial charge is 0.319 e. The Morgan fingerprint density at radius 2 is 1.66 bits per heavy atom. The van der Waals surface area contributed by atoms with Gasteiger partial charge in [0.25, 0.3) is 5.91 Å². The Morgan fingerprint density at radius 1 is 0.969 bits per heavy atom. The predicted molar refractivity (Wildman–Crippen MR) is 126 cm³/mol. The maximum absolute atomic E-state index is 12.8. The summed E-state index contributed by atoms with van der Waals surface area (Å²) < 4.78 is 1.76. The van der Waals surface area contributed by atoms with Crippen LogP contribution in [0.4, 0.5) is 16.2 Å². The molecule has 0 atom stereocenters. The second kappa shape index (κ2) is 9.44. The fraction of sp³-hybridized carbons (Fsp3) is 0.130. The van der Waals surface area contributed by atoms with Gasteiger partial charge in [0.1, 0.15) is 10.7 Å². The molecule has 0 saturated heterocycles. The first-order chi connectivity index (χ1) is 15.5. The summed E-state index contributed by atoms with van der Waals surface area (Å²) in [4.78, 5) is 29.3. The molecule has 3 amide bonds. The van der Waals surface area contributed by atoms with Crippen LogP contribution in [-0.2, 0) is 0 Å². The summed E-state index contributed by atoms with van der Waals surface area (Å²) in [6, 6.07) is 16.4. The fourth-order valence-corrected chi connectivity index (χ4v) is 3.75. The number of hydrogen-bond acceptors (Lipinski definition) is 5. The second-order valence-corrected chi connectivity index (χ2v) is 8.16. The van der Waals surface area contributed by atoms with Crippen molar-refractivity contribution in [1.82, 2.24) is 20.1 Å². The van der Waals surface area contributed by atoms with Gasteiger partial charge >= 0.3 is 6.03 Å². The Labute approximate surface area is 189 Å². The van der Waals surface area contributed by atoms with Gasteiger partial charge < -0.3 is 16.0 Å². The molecule has 0 spiro atoms. The van der Waals surface area contributed by atoms with E-state index in [2.05, 4.69) is 26.0 Å². The van der Waals surface area contributed by atoms with Gasteiger partial charge in [0.05, 0.1) is 23.3 Å². The molecule has 2 aromatic heterocycles. The summed E-state index contributed by atoms with van der Waals surface area (Å²) in [5.74, 6) is -0.360. The van der Waals surface area contributed by atoms with E-state index in [0.717, 1.165) is 11.3 Å². The molecule has 0 bridgehead atoms. The van der Waals surface area contributed by atoms with Crippen LogP contribution in [0.2, 0.25) is 0 Å². The number of anilines is 2. The van der Waals surface area contributed by atoms with E-state index in [4.69, 9.17) is 0 Å². The second-order valence-electron chi connectivity index (χ2n) is 7.30. The minimum atomic E-state index is -0.360. The number of hydrogen-bond donors (Lipinski definition) is 3. The Hall–Kier alpha value is -3.98. The van der Waals surface area contributed by atoms with Gasteiger partial charge in [-0.3, -0.25) is 4.79 Å². The number of urea groups is 1. The zero-order valence-electron chi connectivity index (χ0n) is 17.6. The Kier molecular flexibility index (Phi) is 6.27. The summed E-state index contributed by atoms with van der Waals surface area (Å²) in [6.07, 6.45) is 3.60. The standard InChI is InChI=1S/C23H22N6O2S/c1-15(2)25-23(31)28-19-11-7-6-10-18(19)26-21(30)20-14-32-22(27-20)16-12-24-29(13-16)17-8-4-3-5-9-17/h3-15H,1-2H3,(H,26,30)(H2,25,28,31). The van der Waals surface area contributed by atoms with E-state index in [9.17, 15) is 9.59 Å². The summed E-state index contributed by atoms with van der Waals surface area (Å²) in [5, 5.41) is 15.1. The highest BCUT2D eigenvalue weighted by atomic mass is 32.1. The van der Waals surface area contributed by atoms with Crippen LogP contribution in [0.5, 0.6) is 0 Å². The van der Waals surface area contributed by atoms with E-state index in [-0.39, 0.29) is 18.0 Å². The highest BCUT2D eigenvalue weighted by Gasteiger charge is 2.16. The number of carbonyl (C=O) groups excluding carboxylic acids is 2. The molecule has 32 heavy (non-hydrogen) atoms. The molecule has 0 saturated carbocycles. The quantitative estimate of drug-likeness (QED) is 0.397. The van der Waals surface area contributed by atoms with Gasteiger partial charge in [0, 0.05) is 23.2 Å². The number of nitrogens with one attached hydrogen (secondary N) is 3. The Balaban J connectivity index is 1.47. The van der Waals surface area contributed by atoms with Crippen molar-refractivity contribution in [1.29, 1.82) is 0 Å². The van der Waals surface area contributed by atoms with Gasteiger partial charge in [-0.1, -0.05) is 30.3 Å². The first-order valence-corrected chi connectivity index (χ1v) is 10.9. The van der Waals surface area contributed by atoms with Crippen molar-refractivity contribution in [2.75, 3.05) is 10.6 Å². The molecule has 4 rings (SSSR count). The lowest BCUT2D eigenvalue weighted by Crippen LogP contribution is -2.34. The zero-order chi connectivity index (χ0) is 22.5. The van der Waals surface area contributed by atoms with Crippen molar-refractivity contribution < 1.29 is 9.59 Å². The Bertz CT molecular complexity index is 1230. The highest BCUT2D eigenvalue weighted by molar-refractivity contribution is 7.13. The number of nitrogens with zero attached hydrogens (tertiary/aromatic N) is 3. The minimum Gasteiger partial charge on any atom is -0.336 e. The molecule has 0 radical (unpaired) electrons. The van der Waals surface area contributed by atoms with E-state index >= 15 is 0 Å². The third kappa shape index (κ3) is 5.01. The van der Waals surface area contributed by atoms with Crippen molar-refractivity contribution in [3.63, 3.8) is 0 Å². The topological polar surface area (TPSA) is 101 Å². The third-order valence-corrected chi connectivity index (χ3v) is 5.32. The number of aromatic nitrogens is 3. The fourth-order valence-electron chi connectivity index (χ4n) is 2.97. The summed E-state index contributed by atoms with van der Waals surface area (Å²) >= 11 is 1.37. The molecule has 0 aliphatic rings. The molecule has 3 N–H and O–H groups in total. The van der Waals surface area contributed by atoms with Gasteiger partial charge in [-0.05, 0) is 38.1 Å². The lowest BCUT2D eigenvalue weighted by Gasteiger charge is -2.13. The van der Waals surface area contributed by atoms with E-state index < -0.39 is 0 Å². The third-order valence-electron chi connectivity index (χ3n) is 4.43. The SMILES string of the molecule is CC(C)NC(=O)Nc1ccccc1NC(=O)c1csc(-c2cnn(-c3ccccc3)c2)n1. The summed E-state index contributed by atoms with van der Waals surface area (Å²) in [7, 11) is 0. The minimum absolute atomic E-state index is 0.00331. The average molecular weight is 447 g/mol. The maximum atomic E-state index is 12.8. The van der Waals surface area contributed by atoms with Gasteiger partial charge in [0.15, 0.2) is 0 Å². The van der Waals surface area contributed by atoms with Crippen molar-refractivity contribution >= 4 is 34.6 Å². The molecular formula is C23H22N6O2S. The van der Waals surface area contributed by atoms with Crippen molar-refractivity contribution in [3.05, 3.63) is 78.1 Å². The molecule has 0 aliphatic heterocycles. The molecule has 2 aromatic carbocycles. The van der Waals surface area contributed by atoms with E-state index in [1.165, 1.54) is 11.3 Å². The number of thiazole rings is 1. The average Bonchev–Trinajstić information content (AvgIpc) is 3.45. The van der Waals surface area contributed by atoms with Gasteiger partial charge in [0.2, 0.25) is 0 Å². The number of rotatable bonds is 6. The van der Waals surface area contributed by atoms with Gasteiger partial charge in [-0.15, -0.1) is 11.3 Å². The normalized spacial score (nSPS) is 10.7. The van der Waals surface area contributed by atoms with E-state index in [0.29, 0.717) is 22.1 Å². The van der Waals surface area contributed by atoms with Crippen molar-refractivity contribution in [3.8, 4) is 16.3 Å². The lowest BCUT2D eigenvalue weighted by atomic mass is 10.2. The number of carbonyl (C=O) groups is 2. The molecular weight excluding hydrogens is 424 g/mol. The summed E-state index contributed by atoms with van der Waals surface area (Å²) in [6.45, 7) is 3.74. The first-order valence-electron chi connectivity index (χ1n) is 10.0. The molecule has 9 heteroatoms. The van der Waals surface area contributed by atoms with Crippen LogP contribution < -0.4 is 16.0 Å². The predicted octanol–water partition coefficient (Wildman–Crippen LogP) is 4.78. The molecule has 0 unspecified atom stereocenters.